The summed E-state index contributed by atoms with van der Waals surface area (Å²) >= 11 is 12.1. The third-order valence-corrected chi connectivity index (χ3v) is 3.36. The van der Waals surface area contributed by atoms with Gasteiger partial charge in [-0.05, 0) is 36.6 Å². The van der Waals surface area contributed by atoms with Crippen LogP contribution >= 0.6 is 23.2 Å². The Balaban J connectivity index is 2.86. The molecule has 0 unspecified atom stereocenters. The van der Waals surface area contributed by atoms with E-state index in [9.17, 15) is 0 Å². The maximum absolute atomic E-state index is 6.19. The molecule has 3 heteroatoms. The van der Waals surface area contributed by atoms with E-state index in [4.69, 9.17) is 23.2 Å². The normalized spacial score (nSPS) is 12.2. The minimum absolute atomic E-state index is 0.501. The summed E-state index contributed by atoms with van der Waals surface area (Å²) in [7, 11) is 0. The number of halogens is 2. The van der Waals surface area contributed by atoms with Gasteiger partial charge in [-0.15, -0.1) is 0 Å². The Kier molecular flexibility index (Phi) is 6.77. The van der Waals surface area contributed by atoms with Gasteiger partial charge in [0.25, 0.3) is 0 Å². The Morgan fingerprint density at radius 1 is 1.33 bits per heavy atom. The maximum atomic E-state index is 6.19. The number of hydrogen-bond donors (Lipinski definition) is 1. The van der Waals surface area contributed by atoms with Gasteiger partial charge >= 0.3 is 0 Å². The van der Waals surface area contributed by atoms with E-state index in [1.54, 1.807) is 6.07 Å². The van der Waals surface area contributed by atoms with Crippen molar-refractivity contribution in [3.63, 3.8) is 0 Å². The van der Waals surface area contributed by atoms with Crippen LogP contribution in [-0.2, 0) is 0 Å². The molecule has 0 aliphatic heterocycles. The van der Waals surface area contributed by atoms with Crippen LogP contribution in [0.5, 0.6) is 0 Å². The van der Waals surface area contributed by atoms with Gasteiger partial charge in [-0.25, -0.2) is 0 Å². The zero-order valence-electron chi connectivity index (χ0n) is 11.3. The molecule has 0 aliphatic rings. The summed E-state index contributed by atoms with van der Waals surface area (Å²) in [6.07, 6.45) is 3.30. The largest absolute Gasteiger partial charge is 0.313 e. The lowest BCUT2D eigenvalue weighted by Gasteiger charge is -2.13. The molecular formula is C15H21Cl2N. The molecule has 18 heavy (non-hydrogen) atoms. The molecule has 100 valence electrons. The van der Waals surface area contributed by atoms with Crippen molar-refractivity contribution in [1.82, 2.24) is 5.32 Å². The lowest BCUT2D eigenvalue weighted by molar-refractivity contribution is 0.657. The van der Waals surface area contributed by atoms with Crippen molar-refractivity contribution in [3.8, 4) is 0 Å². The van der Waals surface area contributed by atoms with Crippen LogP contribution in [-0.4, -0.2) is 13.1 Å². The predicted molar refractivity (Wildman–Crippen MR) is 82.4 cm³/mol. The first-order valence-electron chi connectivity index (χ1n) is 6.40. The zero-order valence-corrected chi connectivity index (χ0v) is 12.8. The number of hydrogen-bond acceptors (Lipinski definition) is 1. The zero-order chi connectivity index (χ0) is 13.5. The van der Waals surface area contributed by atoms with Crippen LogP contribution in [0.1, 0.15) is 32.8 Å². The molecule has 1 nitrogen and oxygen atoms in total. The second-order valence-corrected chi connectivity index (χ2v) is 5.56. The fourth-order valence-corrected chi connectivity index (χ4v) is 2.11. The Morgan fingerprint density at radius 2 is 2.06 bits per heavy atom. The molecule has 1 N–H and O–H groups in total. The Morgan fingerprint density at radius 3 is 2.61 bits per heavy atom. The fourth-order valence-electron chi connectivity index (χ4n) is 1.65. The Labute approximate surface area is 120 Å². The van der Waals surface area contributed by atoms with Crippen LogP contribution in [0.3, 0.4) is 0 Å². The van der Waals surface area contributed by atoms with Crippen molar-refractivity contribution in [2.24, 2.45) is 5.92 Å². The lowest BCUT2D eigenvalue weighted by atomic mass is 10.00. The second-order valence-electron chi connectivity index (χ2n) is 4.72. The quantitative estimate of drug-likeness (QED) is 0.723. The Hall–Kier alpha value is -0.500. The van der Waals surface area contributed by atoms with E-state index in [0.717, 1.165) is 25.1 Å². The van der Waals surface area contributed by atoms with Gasteiger partial charge in [-0.1, -0.05) is 61.7 Å². The van der Waals surface area contributed by atoms with E-state index in [2.05, 4.69) is 32.2 Å². The van der Waals surface area contributed by atoms with Crippen molar-refractivity contribution in [2.45, 2.75) is 27.2 Å². The van der Waals surface area contributed by atoms with Crippen LogP contribution in [0.15, 0.2) is 23.8 Å². The van der Waals surface area contributed by atoms with Crippen LogP contribution in [0.2, 0.25) is 10.0 Å². The monoisotopic (exact) mass is 285 g/mol. The highest BCUT2D eigenvalue weighted by Gasteiger charge is 2.05. The molecule has 0 bridgehead atoms. The van der Waals surface area contributed by atoms with Gasteiger partial charge in [0.1, 0.15) is 0 Å². The molecule has 0 radical (unpaired) electrons. The standard InChI is InChI=1S/C15H21Cl2N/c1-4-7-18-10-13(11(2)3)8-12-5-6-14(16)9-15(12)17/h5-6,8-9,11,18H,4,7,10H2,1-3H3. The molecule has 1 rings (SSSR count). The van der Waals surface area contributed by atoms with Crippen molar-refractivity contribution in [1.29, 1.82) is 0 Å². The topological polar surface area (TPSA) is 12.0 Å². The second kappa shape index (κ2) is 7.83. The van der Waals surface area contributed by atoms with E-state index in [-0.39, 0.29) is 0 Å². The van der Waals surface area contributed by atoms with E-state index in [1.807, 2.05) is 12.1 Å². The minimum Gasteiger partial charge on any atom is -0.313 e. The first-order chi connectivity index (χ1) is 8.54. The molecule has 0 atom stereocenters. The van der Waals surface area contributed by atoms with Gasteiger partial charge in [-0.3, -0.25) is 0 Å². The number of nitrogens with one attached hydrogen (secondary N) is 1. The highest BCUT2D eigenvalue weighted by Crippen LogP contribution is 2.24. The highest BCUT2D eigenvalue weighted by molar-refractivity contribution is 6.35. The molecule has 0 spiro atoms. The molecule has 0 saturated carbocycles. The van der Waals surface area contributed by atoms with Crippen molar-refractivity contribution in [3.05, 3.63) is 39.4 Å². The molecule has 0 heterocycles. The average molecular weight is 286 g/mol. The fraction of sp³-hybridized carbons (Fsp3) is 0.467. The first kappa shape index (κ1) is 15.6. The van der Waals surface area contributed by atoms with Crippen LogP contribution in [0.25, 0.3) is 6.08 Å². The van der Waals surface area contributed by atoms with Gasteiger partial charge in [0.2, 0.25) is 0 Å². The molecule has 0 amide bonds. The number of rotatable bonds is 6. The third-order valence-electron chi connectivity index (χ3n) is 2.80. The SMILES string of the molecule is CCCNCC(=Cc1ccc(Cl)cc1Cl)C(C)C. The maximum Gasteiger partial charge on any atom is 0.0493 e. The number of benzene rings is 1. The van der Waals surface area contributed by atoms with E-state index < -0.39 is 0 Å². The van der Waals surface area contributed by atoms with Crippen molar-refractivity contribution < 1.29 is 0 Å². The average Bonchev–Trinajstić information content (AvgIpc) is 2.30. The van der Waals surface area contributed by atoms with Gasteiger partial charge in [0, 0.05) is 16.6 Å². The van der Waals surface area contributed by atoms with E-state index in [1.165, 1.54) is 5.57 Å². The molecule has 0 aromatic heterocycles. The Bertz CT molecular complexity index is 411. The predicted octanol–water partition coefficient (Wildman–Crippen LogP) is 5.03. The van der Waals surface area contributed by atoms with E-state index >= 15 is 0 Å². The van der Waals surface area contributed by atoms with Gasteiger partial charge < -0.3 is 5.32 Å². The summed E-state index contributed by atoms with van der Waals surface area (Å²) < 4.78 is 0. The lowest BCUT2D eigenvalue weighted by Crippen LogP contribution is -2.19. The molecule has 1 aromatic rings. The smallest absolute Gasteiger partial charge is 0.0493 e. The summed E-state index contributed by atoms with van der Waals surface area (Å²) in [4.78, 5) is 0. The van der Waals surface area contributed by atoms with Gasteiger partial charge in [-0.2, -0.15) is 0 Å². The highest BCUT2D eigenvalue weighted by atomic mass is 35.5. The summed E-state index contributed by atoms with van der Waals surface area (Å²) in [6.45, 7) is 8.51. The molecule has 0 saturated heterocycles. The molecular weight excluding hydrogens is 265 g/mol. The van der Waals surface area contributed by atoms with Crippen LogP contribution in [0, 0.1) is 5.92 Å². The first-order valence-corrected chi connectivity index (χ1v) is 7.16. The minimum atomic E-state index is 0.501. The molecule has 1 aromatic carbocycles. The summed E-state index contributed by atoms with van der Waals surface area (Å²) in [5.41, 5.74) is 2.38. The van der Waals surface area contributed by atoms with Crippen molar-refractivity contribution in [2.75, 3.05) is 13.1 Å². The van der Waals surface area contributed by atoms with Gasteiger partial charge in [0.15, 0.2) is 0 Å². The van der Waals surface area contributed by atoms with Gasteiger partial charge in [0.05, 0.1) is 0 Å². The molecule has 0 aliphatic carbocycles. The summed E-state index contributed by atoms with van der Waals surface area (Å²) in [6, 6.07) is 5.62. The van der Waals surface area contributed by atoms with Crippen LogP contribution < -0.4 is 5.32 Å². The van der Waals surface area contributed by atoms with Crippen LogP contribution in [0.4, 0.5) is 0 Å². The summed E-state index contributed by atoms with van der Waals surface area (Å²) in [5, 5.41) is 4.81. The summed E-state index contributed by atoms with van der Waals surface area (Å²) in [5.74, 6) is 0.501. The third kappa shape index (κ3) is 5.01. The molecule has 0 fully saturated rings. The van der Waals surface area contributed by atoms with E-state index in [0.29, 0.717) is 16.0 Å². The van der Waals surface area contributed by atoms with Crippen molar-refractivity contribution >= 4 is 29.3 Å².